The molecule has 66 valence electrons. The zero-order valence-electron chi connectivity index (χ0n) is 6.57. The van der Waals surface area contributed by atoms with Crippen molar-refractivity contribution in [2.45, 2.75) is 10.9 Å². The Balaban J connectivity index is 3.01. The number of nitrogens with two attached hydrogens (primary N) is 2. The Labute approximate surface area is 76.8 Å². The molecule has 0 unspecified atom stereocenters. The molecule has 0 amide bonds. The largest absolute Gasteiger partial charge is 0.508 e. The summed E-state index contributed by atoms with van der Waals surface area (Å²) < 4.78 is 0. The molecule has 0 saturated carbocycles. The van der Waals surface area contributed by atoms with Crippen LogP contribution in [0.5, 0.6) is 5.75 Å². The van der Waals surface area contributed by atoms with Crippen molar-refractivity contribution in [1.82, 2.24) is 0 Å². The summed E-state index contributed by atoms with van der Waals surface area (Å²) in [6.45, 7) is 0.319. The molecule has 0 aromatic heterocycles. The number of phenolic OH excluding ortho intramolecular Hbond substituents is 1. The maximum atomic E-state index is 9.41. The predicted molar refractivity (Wildman–Crippen MR) is 51.3 cm³/mol. The van der Waals surface area contributed by atoms with Gasteiger partial charge < -0.3 is 16.6 Å². The molecule has 0 saturated heterocycles. The Morgan fingerprint density at radius 2 is 2.17 bits per heavy atom. The van der Waals surface area contributed by atoms with E-state index in [-0.39, 0.29) is 11.8 Å². The van der Waals surface area contributed by atoms with Gasteiger partial charge in [0.05, 0.1) is 0 Å². The second-order valence-electron chi connectivity index (χ2n) is 2.59. The lowest BCUT2D eigenvalue weighted by molar-refractivity contribution is 0.460. The van der Waals surface area contributed by atoms with Gasteiger partial charge in [0, 0.05) is 23.0 Å². The van der Waals surface area contributed by atoms with E-state index in [0.29, 0.717) is 17.0 Å². The third-order valence-electron chi connectivity index (χ3n) is 1.67. The lowest BCUT2D eigenvalue weighted by atomic mass is 10.1. The summed E-state index contributed by atoms with van der Waals surface area (Å²) in [5.41, 5.74) is 11.7. The molecule has 0 heterocycles. The van der Waals surface area contributed by atoms with Crippen molar-refractivity contribution in [1.29, 1.82) is 0 Å². The fourth-order valence-electron chi connectivity index (χ4n) is 0.973. The van der Waals surface area contributed by atoms with Gasteiger partial charge in [-0.2, -0.15) is 0 Å². The Hall–Kier alpha value is -0.710. The lowest BCUT2D eigenvalue weighted by Crippen LogP contribution is -2.20. The molecule has 0 aliphatic rings. The minimum atomic E-state index is -0.307. The zero-order valence-corrected chi connectivity index (χ0v) is 7.46. The van der Waals surface area contributed by atoms with Gasteiger partial charge in [-0.15, -0.1) is 12.6 Å². The molecule has 0 bridgehead atoms. The molecule has 5 N–H and O–H groups in total. The fourth-order valence-corrected chi connectivity index (χ4v) is 1.17. The zero-order chi connectivity index (χ0) is 9.14. The van der Waals surface area contributed by atoms with Crippen LogP contribution in [-0.4, -0.2) is 11.7 Å². The highest BCUT2D eigenvalue weighted by molar-refractivity contribution is 7.80. The molecule has 1 atom stereocenters. The van der Waals surface area contributed by atoms with Gasteiger partial charge in [0.25, 0.3) is 0 Å². The Kier molecular flexibility index (Phi) is 2.97. The average Bonchev–Trinajstić information content (AvgIpc) is 2.03. The first-order valence-corrected chi connectivity index (χ1v) is 4.07. The van der Waals surface area contributed by atoms with E-state index in [0.717, 1.165) is 0 Å². The van der Waals surface area contributed by atoms with E-state index < -0.39 is 0 Å². The van der Waals surface area contributed by atoms with Crippen molar-refractivity contribution in [3.05, 3.63) is 23.8 Å². The summed E-state index contributed by atoms with van der Waals surface area (Å²) in [5.74, 6) is 0.153. The smallest absolute Gasteiger partial charge is 0.121 e. The van der Waals surface area contributed by atoms with E-state index >= 15 is 0 Å². The van der Waals surface area contributed by atoms with E-state index in [1.54, 1.807) is 18.2 Å². The fraction of sp³-hybridized carbons (Fsp3) is 0.250. The van der Waals surface area contributed by atoms with Crippen LogP contribution in [-0.2, 0) is 0 Å². The number of hydrogen-bond acceptors (Lipinski definition) is 4. The molecular formula is C8H12N2OS. The maximum Gasteiger partial charge on any atom is 0.121 e. The number of hydrogen-bond donors (Lipinski definition) is 4. The van der Waals surface area contributed by atoms with Gasteiger partial charge in [-0.3, -0.25) is 0 Å². The van der Waals surface area contributed by atoms with Crippen LogP contribution in [0.3, 0.4) is 0 Å². The van der Waals surface area contributed by atoms with Crippen molar-refractivity contribution in [2.75, 3.05) is 6.54 Å². The first-order valence-electron chi connectivity index (χ1n) is 3.62. The van der Waals surface area contributed by atoms with Crippen LogP contribution in [0.1, 0.15) is 11.6 Å². The molecule has 0 fully saturated rings. The third kappa shape index (κ3) is 1.91. The quantitative estimate of drug-likeness (QED) is 0.510. The van der Waals surface area contributed by atoms with Crippen LogP contribution in [0, 0.1) is 0 Å². The summed E-state index contributed by atoms with van der Waals surface area (Å²) in [6, 6.07) is 4.75. The summed E-state index contributed by atoms with van der Waals surface area (Å²) in [6.07, 6.45) is 0. The third-order valence-corrected chi connectivity index (χ3v) is 1.95. The number of rotatable bonds is 2. The molecule has 1 aromatic carbocycles. The van der Waals surface area contributed by atoms with Crippen LogP contribution in [0.4, 0.5) is 0 Å². The molecule has 0 radical (unpaired) electrons. The van der Waals surface area contributed by atoms with E-state index in [4.69, 9.17) is 11.5 Å². The van der Waals surface area contributed by atoms with E-state index in [1.165, 1.54) is 0 Å². The molecule has 4 heteroatoms. The van der Waals surface area contributed by atoms with E-state index in [1.807, 2.05) is 0 Å². The minimum absolute atomic E-state index is 0.153. The maximum absolute atomic E-state index is 9.41. The molecule has 0 spiro atoms. The number of aromatic hydroxyl groups is 1. The van der Waals surface area contributed by atoms with E-state index in [2.05, 4.69) is 12.6 Å². The highest BCUT2D eigenvalue weighted by atomic mass is 32.1. The number of thiol groups is 1. The van der Waals surface area contributed by atoms with Gasteiger partial charge in [0.1, 0.15) is 5.75 Å². The highest BCUT2D eigenvalue weighted by Crippen LogP contribution is 2.24. The van der Waals surface area contributed by atoms with Crippen molar-refractivity contribution in [2.24, 2.45) is 11.5 Å². The first kappa shape index (κ1) is 9.38. The van der Waals surface area contributed by atoms with Crippen LogP contribution < -0.4 is 11.5 Å². The normalized spacial score (nSPS) is 12.9. The molecule has 12 heavy (non-hydrogen) atoms. The minimum Gasteiger partial charge on any atom is -0.508 e. The molecule has 0 aliphatic heterocycles. The number of phenols is 1. The van der Waals surface area contributed by atoms with Gasteiger partial charge in [-0.25, -0.2) is 0 Å². The Bertz CT molecular complexity index is 278. The Morgan fingerprint density at radius 1 is 1.50 bits per heavy atom. The highest BCUT2D eigenvalue weighted by Gasteiger charge is 2.08. The van der Waals surface area contributed by atoms with Crippen LogP contribution >= 0.6 is 12.6 Å². The number of benzene rings is 1. The summed E-state index contributed by atoms with van der Waals surface area (Å²) in [5, 5.41) is 9.41. The van der Waals surface area contributed by atoms with Crippen LogP contribution in [0.25, 0.3) is 0 Å². The second-order valence-corrected chi connectivity index (χ2v) is 3.10. The molecular weight excluding hydrogens is 172 g/mol. The monoisotopic (exact) mass is 184 g/mol. The summed E-state index contributed by atoms with van der Waals surface area (Å²) in [7, 11) is 0. The SMILES string of the molecule is NC[C@@H](N)c1ccc(S)cc1O. The first-order chi connectivity index (χ1) is 5.65. The molecule has 1 rings (SSSR count). The summed E-state index contributed by atoms with van der Waals surface area (Å²) >= 11 is 4.07. The Morgan fingerprint density at radius 3 is 2.67 bits per heavy atom. The van der Waals surface area contributed by atoms with Crippen molar-refractivity contribution >= 4 is 12.6 Å². The summed E-state index contributed by atoms with van der Waals surface area (Å²) in [4.78, 5) is 0.709. The topological polar surface area (TPSA) is 72.3 Å². The van der Waals surface area contributed by atoms with Gasteiger partial charge in [-0.1, -0.05) is 6.07 Å². The van der Waals surface area contributed by atoms with Gasteiger partial charge in [0.2, 0.25) is 0 Å². The van der Waals surface area contributed by atoms with Gasteiger partial charge in [-0.05, 0) is 12.1 Å². The van der Waals surface area contributed by atoms with Crippen molar-refractivity contribution < 1.29 is 5.11 Å². The van der Waals surface area contributed by atoms with E-state index in [9.17, 15) is 5.11 Å². The molecule has 1 aromatic rings. The lowest BCUT2D eigenvalue weighted by Gasteiger charge is -2.10. The van der Waals surface area contributed by atoms with Crippen molar-refractivity contribution in [3.63, 3.8) is 0 Å². The van der Waals surface area contributed by atoms with Crippen LogP contribution in [0.2, 0.25) is 0 Å². The van der Waals surface area contributed by atoms with Gasteiger partial charge in [0.15, 0.2) is 0 Å². The standard InChI is InChI=1S/C8H12N2OS/c9-4-7(10)6-2-1-5(12)3-8(6)11/h1-3,7,11-12H,4,9-10H2/t7-/m1/s1. The molecule has 3 nitrogen and oxygen atoms in total. The molecule has 0 aliphatic carbocycles. The average molecular weight is 184 g/mol. The van der Waals surface area contributed by atoms with Gasteiger partial charge >= 0.3 is 0 Å². The predicted octanol–water partition coefficient (Wildman–Crippen LogP) is 0.639. The van der Waals surface area contributed by atoms with Crippen LogP contribution in [0.15, 0.2) is 23.1 Å². The second kappa shape index (κ2) is 3.80. The van der Waals surface area contributed by atoms with Crippen molar-refractivity contribution in [3.8, 4) is 5.75 Å².